The maximum Gasteiger partial charge on any atom is 0.230 e. The van der Waals surface area contributed by atoms with Gasteiger partial charge in [0, 0.05) is 25.6 Å². The second-order valence-corrected chi connectivity index (χ2v) is 7.59. The van der Waals surface area contributed by atoms with Crippen molar-refractivity contribution >= 4 is 17.7 Å². The number of thioether (sulfide) groups is 1. The molecule has 3 rings (SSSR count). The fourth-order valence-corrected chi connectivity index (χ4v) is 4.42. The Morgan fingerprint density at radius 1 is 1.25 bits per heavy atom. The molecule has 1 aromatic rings. The van der Waals surface area contributed by atoms with Gasteiger partial charge in [0.2, 0.25) is 5.91 Å². The van der Waals surface area contributed by atoms with E-state index in [9.17, 15) is 4.79 Å². The zero-order chi connectivity index (χ0) is 16.8. The molecule has 7 heteroatoms. The SMILES string of the molecule is CCn1c(SCC(=O)NCC2CCCO2)nnc1C1CCCCC1. The predicted molar refractivity (Wildman–Crippen MR) is 94.2 cm³/mol. The normalized spacial score (nSPS) is 22.0. The third kappa shape index (κ3) is 4.51. The fraction of sp³-hybridized carbons (Fsp3) is 0.824. The molecular weight excluding hydrogens is 324 g/mol. The van der Waals surface area contributed by atoms with Gasteiger partial charge in [-0.3, -0.25) is 4.79 Å². The quantitative estimate of drug-likeness (QED) is 0.764. The molecule has 1 N–H and O–H groups in total. The molecule has 1 amide bonds. The Hall–Kier alpha value is -1.08. The van der Waals surface area contributed by atoms with Crippen LogP contribution in [0.1, 0.15) is 63.6 Å². The van der Waals surface area contributed by atoms with Crippen LogP contribution in [0.3, 0.4) is 0 Å². The van der Waals surface area contributed by atoms with E-state index in [2.05, 4.69) is 27.0 Å². The van der Waals surface area contributed by atoms with Crippen LogP contribution in [-0.2, 0) is 16.1 Å². The molecule has 0 spiro atoms. The van der Waals surface area contributed by atoms with Crippen LogP contribution in [0.4, 0.5) is 0 Å². The zero-order valence-electron chi connectivity index (χ0n) is 14.5. The smallest absolute Gasteiger partial charge is 0.230 e. The van der Waals surface area contributed by atoms with E-state index >= 15 is 0 Å². The van der Waals surface area contributed by atoms with Gasteiger partial charge in [0.05, 0.1) is 11.9 Å². The standard InChI is InChI=1S/C17H28N4O2S/c1-2-21-16(13-7-4-3-5-8-13)19-20-17(21)24-12-15(22)18-11-14-9-6-10-23-14/h13-14H,2-12H2,1H3,(H,18,22). The van der Waals surface area contributed by atoms with E-state index in [0.29, 0.717) is 18.2 Å². The second kappa shape index (κ2) is 8.85. The number of rotatable bonds is 7. The molecule has 1 saturated heterocycles. The highest BCUT2D eigenvalue weighted by Crippen LogP contribution is 2.33. The van der Waals surface area contributed by atoms with Crippen LogP contribution in [-0.4, -0.2) is 45.7 Å². The summed E-state index contributed by atoms with van der Waals surface area (Å²) in [5, 5.41) is 12.6. The highest BCUT2D eigenvalue weighted by Gasteiger charge is 2.23. The Morgan fingerprint density at radius 3 is 2.79 bits per heavy atom. The summed E-state index contributed by atoms with van der Waals surface area (Å²) in [5.41, 5.74) is 0. The summed E-state index contributed by atoms with van der Waals surface area (Å²) in [6.45, 7) is 4.42. The molecular formula is C17H28N4O2S. The number of ether oxygens (including phenoxy) is 1. The Labute approximate surface area is 148 Å². The molecule has 2 heterocycles. The first kappa shape index (κ1) is 17.7. The van der Waals surface area contributed by atoms with Gasteiger partial charge in [-0.1, -0.05) is 31.0 Å². The lowest BCUT2D eigenvalue weighted by Crippen LogP contribution is -2.32. The molecule has 0 bridgehead atoms. The third-order valence-electron chi connectivity index (χ3n) is 4.92. The molecule has 0 aromatic carbocycles. The van der Waals surface area contributed by atoms with E-state index in [-0.39, 0.29) is 12.0 Å². The summed E-state index contributed by atoms with van der Waals surface area (Å²) in [4.78, 5) is 12.0. The minimum Gasteiger partial charge on any atom is -0.376 e. The number of nitrogens with one attached hydrogen (secondary N) is 1. The van der Waals surface area contributed by atoms with Crippen molar-refractivity contribution in [2.75, 3.05) is 18.9 Å². The first-order chi connectivity index (χ1) is 11.8. The third-order valence-corrected chi connectivity index (χ3v) is 5.88. The molecule has 1 aliphatic heterocycles. The Balaban J connectivity index is 1.50. The number of hydrogen-bond acceptors (Lipinski definition) is 5. The van der Waals surface area contributed by atoms with Crippen LogP contribution in [0.15, 0.2) is 5.16 Å². The monoisotopic (exact) mass is 352 g/mol. The van der Waals surface area contributed by atoms with Crippen molar-refractivity contribution in [1.82, 2.24) is 20.1 Å². The van der Waals surface area contributed by atoms with Crippen molar-refractivity contribution in [3.8, 4) is 0 Å². The van der Waals surface area contributed by atoms with Crippen molar-refractivity contribution in [3.05, 3.63) is 5.82 Å². The van der Waals surface area contributed by atoms with Gasteiger partial charge in [-0.25, -0.2) is 0 Å². The molecule has 1 aromatic heterocycles. The van der Waals surface area contributed by atoms with Gasteiger partial charge >= 0.3 is 0 Å². The van der Waals surface area contributed by atoms with Crippen LogP contribution in [0.25, 0.3) is 0 Å². The Kier molecular flexibility index (Phi) is 6.54. The molecule has 134 valence electrons. The highest BCUT2D eigenvalue weighted by molar-refractivity contribution is 7.99. The Bertz CT molecular complexity index is 537. The summed E-state index contributed by atoms with van der Waals surface area (Å²) < 4.78 is 7.71. The largest absolute Gasteiger partial charge is 0.376 e. The minimum atomic E-state index is 0.0420. The predicted octanol–water partition coefficient (Wildman–Crippen LogP) is 2.73. The summed E-state index contributed by atoms with van der Waals surface area (Å²) in [7, 11) is 0. The van der Waals surface area contributed by atoms with E-state index in [1.54, 1.807) is 0 Å². The van der Waals surface area contributed by atoms with Crippen molar-refractivity contribution in [1.29, 1.82) is 0 Å². The number of amides is 1. The summed E-state index contributed by atoms with van der Waals surface area (Å²) in [6, 6.07) is 0. The summed E-state index contributed by atoms with van der Waals surface area (Å²) in [6.07, 6.45) is 8.67. The lowest BCUT2D eigenvalue weighted by atomic mass is 9.89. The first-order valence-corrected chi connectivity index (χ1v) is 10.2. The highest BCUT2D eigenvalue weighted by atomic mass is 32.2. The number of carbonyl (C=O) groups is 1. The van der Waals surface area contributed by atoms with Crippen molar-refractivity contribution in [2.45, 2.75) is 75.6 Å². The maximum absolute atomic E-state index is 12.0. The van der Waals surface area contributed by atoms with Crippen molar-refractivity contribution < 1.29 is 9.53 Å². The summed E-state index contributed by atoms with van der Waals surface area (Å²) in [5.74, 6) is 2.07. The lowest BCUT2D eigenvalue weighted by Gasteiger charge is -2.21. The molecule has 2 fully saturated rings. The van der Waals surface area contributed by atoms with E-state index < -0.39 is 0 Å². The minimum absolute atomic E-state index is 0.0420. The van der Waals surface area contributed by atoms with Gasteiger partial charge in [0.15, 0.2) is 5.16 Å². The van der Waals surface area contributed by atoms with Crippen molar-refractivity contribution in [3.63, 3.8) is 0 Å². The molecule has 0 radical (unpaired) electrons. The Morgan fingerprint density at radius 2 is 2.08 bits per heavy atom. The van der Waals surface area contributed by atoms with E-state index in [0.717, 1.165) is 37.0 Å². The van der Waals surface area contributed by atoms with E-state index in [1.807, 2.05) is 0 Å². The molecule has 2 aliphatic rings. The van der Waals surface area contributed by atoms with Crippen LogP contribution < -0.4 is 5.32 Å². The molecule has 6 nitrogen and oxygen atoms in total. The molecule has 1 atom stereocenters. The van der Waals surface area contributed by atoms with Gasteiger partial charge in [0.25, 0.3) is 0 Å². The van der Waals surface area contributed by atoms with Gasteiger partial charge < -0.3 is 14.6 Å². The van der Waals surface area contributed by atoms with Crippen LogP contribution in [0.5, 0.6) is 0 Å². The molecule has 1 saturated carbocycles. The van der Waals surface area contributed by atoms with Gasteiger partial charge in [0.1, 0.15) is 5.82 Å². The maximum atomic E-state index is 12.0. The van der Waals surface area contributed by atoms with Crippen molar-refractivity contribution in [2.24, 2.45) is 0 Å². The van der Waals surface area contributed by atoms with E-state index in [1.165, 1.54) is 43.9 Å². The van der Waals surface area contributed by atoms with Crippen LogP contribution >= 0.6 is 11.8 Å². The molecule has 1 unspecified atom stereocenters. The summed E-state index contributed by atoms with van der Waals surface area (Å²) >= 11 is 1.48. The van der Waals surface area contributed by atoms with Gasteiger partial charge in [-0.05, 0) is 32.6 Å². The number of carbonyl (C=O) groups excluding carboxylic acids is 1. The fourth-order valence-electron chi connectivity index (χ4n) is 3.58. The lowest BCUT2D eigenvalue weighted by molar-refractivity contribution is -0.119. The number of hydrogen-bond donors (Lipinski definition) is 1. The average molecular weight is 353 g/mol. The second-order valence-electron chi connectivity index (χ2n) is 6.65. The average Bonchev–Trinajstić information content (AvgIpc) is 3.28. The van der Waals surface area contributed by atoms with E-state index in [4.69, 9.17) is 4.74 Å². The van der Waals surface area contributed by atoms with Gasteiger partial charge in [-0.15, -0.1) is 10.2 Å². The van der Waals surface area contributed by atoms with Gasteiger partial charge in [-0.2, -0.15) is 0 Å². The number of aromatic nitrogens is 3. The zero-order valence-corrected chi connectivity index (χ0v) is 15.3. The topological polar surface area (TPSA) is 69.0 Å². The molecule has 24 heavy (non-hydrogen) atoms. The first-order valence-electron chi connectivity index (χ1n) is 9.22. The van der Waals surface area contributed by atoms with Crippen LogP contribution in [0, 0.1) is 0 Å². The number of nitrogens with zero attached hydrogens (tertiary/aromatic N) is 3. The van der Waals surface area contributed by atoms with Crippen LogP contribution in [0.2, 0.25) is 0 Å². The molecule has 1 aliphatic carbocycles.